The van der Waals surface area contributed by atoms with Crippen molar-refractivity contribution < 1.29 is 19.7 Å². The molecule has 1 aliphatic rings. The Morgan fingerprint density at radius 1 is 1.24 bits per heavy atom. The van der Waals surface area contributed by atoms with Gasteiger partial charge in [-0.15, -0.1) is 0 Å². The molecule has 3 N–H and O–H groups in total. The molecule has 94 valence electrons. The second kappa shape index (κ2) is 5.86. The summed E-state index contributed by atoms with van der Waals surface area (Å²) in [4.78, 5) is 0. The van der Waals surface area contributed by atoms with Gasteiger partial charge in [-0.3, -0.25) is 0 Å². The van der Waals surface area contributed by atoms with E-state index in [0.717, 1.165) is 17.1 Å². The number of aliphatic hydroxyl groups is 2. The highest BCUT2D eigenvalue weighted by atomic mass is 16.6. The molecule has 5 nitrogen and oxygen atoms in total. The Labute approximate surface area is 100.0 Å². The highest BCUT2D eigenvalue weighted by Gasteiger charge is 2.11. The van der Waals surface area contributed by atoms with Crippen molar-refractivity contribution in [3.8, 4) is 11.5 Å². The molecule has 0 spiro atoms. The van der Waals surface area contributed by atoms with Gasteiger partial charge in [0.2, 0.25) is 0 Å². The first kappa shape index (κ1) is 12.2. The van der Waals surface area contributed by atoms with Crippen molar-refractivity contribution in [3.05, 3.63) is 23.8 Å². The molecular formula is C12H17NO4. The third kappa shape index (κ3) is 3.33. The number of nitrogens with one attached hydrogen (secondary N) is 1. The smallest absolute Gasteiger partial charge is 0.161 e. The summed E-state index contributed by atoms with van der Waals surface area (Å²) < 4.78 is 10.9. The summed E-state index contributed by atoms with van der Waals surface area (Å²) in [5, 5.41) is 20.9. The van der Waals surface area contributed by atoms with E-state index in [1.807, 2.05) is 18.2 Å². The molecule has 0 aliphatic carbocycles. The summed E-state index contributed by atoms with van der Waals surface area (Å²) >= 11 is 0. The fourth-order valence-electron chi connectivity index (χ4n) is 1.65. The van der Waals surface area contributed by atoms with Crippen molar-refractivity contribution >= 4 is 0 Å². The Bertz CT molecular complexity index is 370. The zero-order valence-electron chi connectivity index (χ0n) is 9.56. The molecule has 0 fully saturated rings. The van der Waals surface area contributed by atoms with Crippen molar-refractivity contribution in [1.82, 2.24) is 5.32 Å². The Balaban J connectivity index is 1.89. The lowest BCUT2D eigenvalue weighted by molar-refractivity contribution is 0.0942. The van der Waals surface area contributed by atoms with Crippen molar-refractivity contribution in [2.24, 2.45) is 0 Å². The highest BCUT2D eigenvalue weighted by Crippen LogP contribution is 2.30. The van der Waals surface area contributed by atoms with E-state index in [2.05, 4.69) is 5.32 Å². The zero-order valence-corrected chi connectivity index (χ0v) is 9.56. The quantitative estimate of drug-likeness (QED) is 0.669. The van der Waals surface area contributed by atoms with E-state index in [1.54, 1.807) is 0 Å². The number of hydrogen-bond donors (Lipinski definition) is 3. The number of aliphatic hydroxyl groups excluding tert-OH is 2. The minimum absolute atomic E-state index is 0.228. The Morgan fingerprint density at radius 2 is 2.00 bits per heavy atom. The predicted octanol–water partition coefficient (Wildman–Crippen LogP) is -0.0994. The van der Waals surface area contributed by atoms with Crippen LogP contribution in [0.15, 0.2) is 18.2 Å². The second-order valence-electron chi connectivity index (χ2n) is 3.95. The van der Waals surface area contributed by atoms with E-state index in [1.165, 1.54) is 0 Å². The number of hydrogen-bond acceptors (Lipinski definition) is 5. The van der Waals surface area contributed by atoms with Crippen LogP contribution in [0.3, 0.4) is 0 Å². The molecule has 5 heteroatoms. The molecular weight excluding hydrogens is 222 g/mol. The van der Waals surface area contributed by atoms with Crippen LogP contribution < -0.4 is 14.8 Å². The van der Waals surface area contributed by atoms with Crippen molar-refractivity contribution in [1.29, 1.82) is 0 Å². The second-order valence-corrected chi connectivity index (χ2v) is 3.95. The van der Waals surface area contributed by atoms with E-state index in [-0.39, 0.29) is 6.61 Å². The van der Waals surface area contributed by atoms with Crippen LogP contribution in [0.5, 0.6) is 11.5 Å². The molecule has 0 radical (unpaired) electrons. The van der Waals surface area contributed by atoms with Crippen LogP contribution in [0.4, 0.5) is 0 Å². The maximum Gasteiger partial charge on any atom is 0.161 e. The summed E-state index contributed by atoms with van der Waals surface area (Å²) in [6, 6.07) is 5.76. The molecule has 1 aromatic carbocycles. The largest absolute Gasteiger partial charge is 0.486 e. The minimum Gasteiger partial charge on any atom is -0.486 e. The molecule has 0 amide bonds. The maximum atomic E-state index is 9.17. The first-order valence-corrected chi connectivity index (χ1v) is 5.68. The Kier molecular flexibility index (Phi) is 4.19. The number of benzene rings is 1. The predicted molar refractivity (Wildman–Crippen MR) is 62.2 cm³/mol. The van der Waals surface area contributed by atoms with Crippen LogP contribution in [-0.4, -0.2) is 42.7 Å². The number of ether oxygens (including phenoxy) is 2. The molecule has 0 saturated carbocycles. The van der Waals surface area contributed by atoms with Gasteiger partial charge in [-0.25, -0.2) is 0 Å². The molecule has 1 atom stereocenters. The molecule has 1 aliphatic heterocycles. The van der Waals surface area contributed by atoms with Crippen molar-refractivity contribution in [3.63, 3.8) is 0 Å². The van der Waals surface area contributed by atoms with Gasteiger partial charge >= 0.3 is 0 Å². The normalized spacial score (nSPS) is 15.6. The lowest BCUT2D eigenvalue weighted by Gasteiger charge is -2.19. The first-order valence-electron chi connectivity index (χ1n) is 5.68. The monoisotopic (exact) mass is 239 g/mol. The van der Waals surface area contributed by atoms with Gasteiger partial charge in [0.1, 0.15) is 13.2 Å². The average molecular weight is 239 g/mol. The van der Waals surface area contributed by atoms with Gasteiger partial charge in [0.15, 0.2) is 11.5 Å². The van der Waals surface area contributed by atoms with E-state index < -0.39 is 6.10 Å². The molecule has 0 unspecified atom stereocenters. The fraction of sp³-hybridized carbons (Fsp3) is 0.500. The van der Waals surface area contributed by atoms with Gasteiger partial charge < -0.3 is 25.0 Å². The van der Waals surface area contributed by atoms with Crippen LogP contribution in [0.2, 0.25) is 0 Å². The third-order valence-corrected chi connectivity index (χ3v) is 2.53. The van der Waals surface area contributed by atoms with Crippen LogP contribution in [-0.2, 0) is 6.54 Å². The molecule has 0 bridgehead atoms. The lowest BCUT2D eigenvalue weighted by atomic mass is 10.2. The standard InChI is InChI=1S/C12H17NO4/c14-8-10(15)7-13-6-9-1-2-11-12(5-9)17-4-3-16-11/h1-2,5,10,13-15H,3-4,6-8H2/t10-/m0/s1. The molecule has 1 heterocycles. The highest BCUT2D eigenvalue weighted by molar-refractivity contribution is 5.43. The fourth-order valence-corrected chi connectivity index (χ4v) is 1.65. The summed E-state index contributed by atoms with van der Waals surface area (Å²) in [5.74, 6) is 1.54. The summed E-state index contributed by atoms with van der Waals surface area (Å²) in [5.41, 5.74) is 1.05. The summed E-state index contributed by atoms with van der Waals surface area (Å²) in [6.07, 6.45) is -0.716. The van der Waals surface area contributed by atoms with Crippen molar-refractivity contribution in [2.45, 2.75) is 12.6 Å². The average Bonchev–Trinajstić information content (AvgIpc) is 2.38. The van der Waals surface area contributed by atoms with Crippen LogP contribution >= 0.6 is 0 Å². The van der Waals surface area contributed by atoms with E-state index in [4.69, 9.17) is 14.6 Å². The van der Waals surface area contributed by atoms with E-state index in [0.29, 0.717) is 26.3 Å². The number of rotatable bonds is 5. The summed E-state index contributed by atoms with van der Waals surface area (Å²) in [7, 11) is 0. The number of fused-ring (bicyclic) bond motifs is 1. The minimum atomic E-state index is -0.716. The lowest BCUT2D eigenvalue weighted by Crippen LogP contribution is -2.29. The van der Waals surface area contributed by atoms with Crippen molar-refractivity contribution in [2.75, 3.05) is 26.4 Å². The van der Waals surface area contributed by atoms with Crippen LogP contribution in [0.1, 0.15) is 5.56 Å². The third-order valence-electron chi connectivity index (χ3n) is 2.53. The van der Waals surface area contributed by atoms with Gasteiger partial charge in [0.25, 0.3) is 0 Å². The zero-order chi connectivity index (χ0) is 12.1. The molecule has 0 saturated heterocycles. The topological polar surface area (TPSA) is 71.0 Å². The van der Waals surface area contributed by atoms with Gasteiger partial charge in [-0.1, -0.05) is 6.07 Å². The van der Waals surface area contributed by atoms with E-state index >= 15 is 0 Å². The van der Waals surface area contributed by atoms with Crippen LogP contribution in [0.25, 0.3) is 0 Å². The van der Waals surface area contributed by atoms with Gasteiger partial charge in [0.05, 0.1) is 12.7 Å². The maximum absolute atomic E-state index is 9.17. The molecule has 1 aromatic rings. The summed E-state index contributed by atoms with van der Waals surface area (Å²) in [6.45, 7) is 1.92. The first-order chi connectivity index (χ1) is 8.29. The molecule has 0 aromatic heterocycles. The van der Waals surface area contributed by atoms with Crippen LogP contribution in [0, 0.1) is 0 Å². The van der Waals surface area contributed by atoms with Gasteiger partial charge in [0, 0.05) is 13.1 Å². The SMILES string of the molecule is OC[C@@H](O)CNCc1ccc2c(c1)OCCO2. The molecule has 2 rings (SSSR count). The van der Waals surface area contributed by atoms with Gasteiger partial charge in [-0.2, -0.15) is 0 Å². The Morgan fingerprint density at radius 3 is 2.76 bits per heavy atom. The molecule has 17 heavy (non-hydrogen) atoms. The van der Waals surface area contributed by atoms with E-state index in [9.17, 15) is 5.11 Å². The van der Waals surface area contributed by atoms with Gasteiger partial charge in [-0.05, 0) is 17.7 Å². The Hall–Kier alpha value is -1.30.